The van der Waals surface area contributed by atoms with Crippen LogP contribution < -0.4 is 10.7 Å². The van der Waals surface area contributed by atoms with E-state index in [0.717, 1.165) is 10.8 Å². The zero-order valence-electron chi connectivity index (χ0n) is 13.4. The molecule has 26 heavy (non-hydrogen) atoms. The second-order valence-electron chi connectivity index (χ2n) is 5.35. The summed E-state index contributed by atoms with van der Waals surface area (Å²) in [5.41, 5.74) is 3.08. The van der Waals surface area contributed by atoms with Crippen LogP contribution in [0.1, 0.15) is 5.56 Å². The molecule has 3 rings (SSSR count). The Kier molecular flexibility index (Phi) is 5.28. The van der Waals surface area contributed by atoms with Crippen molar-refractivity contribution in [1.29, 1.82) is 0 Å². The molecule has 0 heterocycles. The van der Waals surface area contributed by atoms with Crippen molar-refractivity contribution in [2.24, 2.45) is 5.10 Å². The molecule has 0 aliphatic heterocycles. The maximum Gasteiger partial charge on any atom is 0.329 e. The zero-order valence-corrected chi connectivity index (χ0v) is 15.0. The predicted molar refractivity (Wildman–Crippen MR) is 104 cm³/mol. The molecule has 0 bridgehead atoms. The maximum absolute atomic E-state index is 11.9. The normalized spacial score (nSPS) is 10.8. The number of carbonyl (C=O) groups is 2. The molecule has 0 fully saturated rings. The molecular weight excluding hydrogens is 398 g/mol. The molecule has 0 aliphatic rings. The summed E-state index contributed by atoms with van der Waals surface area (Å²) in [5.74, 6) is -1.74. The van der Waals surface area contributed by atoms with Gasteiger partial charge in [0.1, 0.15) is 5.75 Å². The molecule has 0 aromatic heterocycles. The van der Waals surface area contributed by atoms with E-state index in [1.54, 1.807) is 36.4 Å². The van der Waals surface area contributed by atoms with Crippen molar-refractivity contribution in [2.45, 2.75) is 0 Å². The number of anilines is 1. The van der Waals surface area contributed by atoms with E-state index in [9.17, 15) is 14.7 Å². The number of nitrogens with zero attached hydrogens (tertiary/aromatic N) is 1. The van der Waals surface area contributed by atoms with Crippen LogP contribution in [0.5, 0.6) is 5.75 Å². The number of halogens is 1. The van der Waals surface area contributed by atoms with Gasteiger partial charge in [0.25, 0.3) is 0 Å². The molecule has 3 aromatic carbocycles. The Bertz CT molecular complexity index is 1020. The largest absolute Gasteiger partial charge is 0.507 e. The number of fused-ring (bicyclic) bond motifs is 1. The molecule has 0 radical (unpaired) electrons. The maximum atomic E-state index is 11.9. The van der Waals surface area contributed by atoms with E-state index in [-0.39, 0.29) is 5.75 Å². The molecular formula is C19H14BrN3O3. The monoisotopic (exact) mass is 411 g/mol. The molecule has 3 N–H and O–H groups in total. The van der Waals surface area contributed by atoms with Crippen molar-refractivity contribution in [2.75, 3.05) is 5.32 Å². The average molecular weight is 412 g/mol. The Balaban J connectivity index is 1.71. The van der Waals surface area contributed by atoms with Crippen LogP contribution in [0.15, 0.2) is 70.2 Å². The highest BCUT2D eigenvalue weighted by molar-refractivity contribution is 9.10. The van der Waals surface area contributed by atoms with Gasteiger partial charge in [-0.3, -0.25) is 9.59 Å². The van der Waals surface area contributed by atoms with Gasteiger partial charge in [0.05, 0.1) is 11.9 Å². The lowest BCUT2D eigenvalue weighted by molar-refractivity contribution is -0.136. The predicted octanol–water partition coefficient (Wildman–Crippen LogP) is 3.40. The number of para-hydroxylation sites is 1. The van der Waals surface area contributed by atoms with Crippen LogP contribution in [0, 0.1) is 0 Å². The van der Waals surface area contributed by atoms with Gasteiger partial charge in [-0.05, 0) is 44.9 Å². The molecule has 0 aliphatic carbocycles. The lowest BCUT2D eigenvalue weighted by atomic mass is 10.0. The minimum Gasteiger partial charge on any atom is -0.507 e. The minimum absolute atomic E-state index is 0.0272. The number of hydrazone groups is 1. The second-order valence-corrected chi connectivity index (χ2v) is 6.21. The number of carbonyl (C=O) groups excluding carboxylic acids is 2. The summed E-state index contributed by atoms with van der Waals surface area (Å²) >= 11 is 3.28. The molecule has 0 saturated carbocycles. The van der Waals surface area contributed by atoms with Gasteiger partial charge in [-0.2, -0.15) is 5.10 Å². The van der Waals surface area contributed by atoms with Crippen molar-refractivity contribution < 1.29 is 14.7 Å². The van der Waals surface area contributed by atoms with Crippen LogP contribution in [-0.2, 0) is 9.59 Å². The summed E-state index contributed by atoms with van der Waals surface area (Å²) in [5, 5.41) is 18.0. The van der Waals surface area contributed by atoms with Crippen LogP contribution in [0.3, 0.4) is 0 Å². The first-order valence-electron chi connectivity index (χ1n) is 7.66. The number of amides is 2. The first kappa shape index (κ1) is 17.6. The smallest absolute Gasteiger partial charge is 0.329 e. The number of aromatic hydroxyl groups is 1. The molecule has 0 unspecified atom stereocenters. The van der Waals surface area contributed by atoms with E-state index < -0.39 is 11.8 Å². The fourth-order valence-electron chi connectivity index (χ4n) is 2.37. The number of benzene rings is 3. The number of nitrogens with one attached hydrogen (secondary N) is 2. The molecule has 0 spiro atoms. The Morgan fingerprint density at radius 3 is 2.50 bits per heavy atom. The van der Waals surface area contributed by atoms with E-state index in [4.69, 9.17) is 0 Å². The summed E-state index contributed by atoms with van der Waals surface area (Å²) in [4.78, 5) is 23.8. The topological polar surface area (TPSA) is 90.8 Å². The molecule has 6 nitrogen and oxygen atoms in total. The number of phenolic OH excluding ortho intramolecular Hbond substituents is 1. The summed E-state index contributed by atoms with van der Waals surface area (Å²) in [7, 11) is 0. The molecule has 3 aromatic rings. The van der Waals surface area contributed by atoms with E-state index in [2.05, 4.69) is 31.8 Å². The van der Waals surface area contributed by atoms with E-state index in [1.807, 2.05) is 24.3 Å². The Labute approximate surface area is 157 Å². The summed E-state index contributed by atoms with van der Waals surface area (Å²) < 4.78 is 0.658. The Hall–Kier alpha value is -3.19. The van der Waals surface area contributed by atoms with Gasteiger partial charge < -0.3 is 10.4 Å². The van der Waals surface area contributed by atoms with Crippen LogP contribution in [-0.4, -0.2) is 23.1 Å². The van der Waals surface area contributed by atoms with Crippen molar-refractivity contribution in [3.63, 3.8) is 0 Å². The zero-order chi connectivity index (χ0) is 18.5. The average Bonchev–Trinajstić information content (AvgIpc) is 2.65. The summed E-state index contributed by atoms with van der Waals surface area (Å²) in [6.45, 7) is 0. The quantitative estimate of drug-likeness (QED) is 0.350. The van der Waals surface area contributed by atoms with E-state index in [1.165, 1.54) is 6.21 Å². The third kappa shape index (κ3) is 3.89. The van der Waals surface area contributed by atoms with Crippen LogP contribution in [0.2, 0.25) is 0 Å². The number of phenols is 1. The molecule has 0 atom stereocenters. The van der Waals surface area contributed by atoms with Crippen LogP contribution >= 0.6 is 15.9 Å². The lowest BCUT2D eigenvalue weighted by Gasteiger charge is -2.06. The van der Waals surface area contributed by atoms with Crippen molar-refractivity contribution in [3.8, 4) is 5.75 Å². The summed E-state index contributed by atoms with van der Waals surface area (Å²) in [6.07, 6.45) is 1.31. The third-order valence-electron chi connectivity index (χ3n) is 3.64. The first-order chi connectivity index (χ1) is 12.6. The van der Waals surface area contributed by atoms with Gasteiger partial charge >= 0.3 is 11.8 Å². The lowest BCUT2D eigenvalue weighted by Crippen LogP contribution is -2.32. The van der Waals surface area contributed by atoms with Gasteiger partial charge in [0.15, 0.2) is 0 Å². The molecule has 2 amide bonds. The van der Waals surface area contributed by atoms with Crippen LogP contribution in [0.25, 0.3) is 10.8 Å². The van der Waals surface area contributed by atoms with Gasteiger partial charge in [-0.1, -0.05) is 42.5 Å². The Morgan fingerprint density at radius 2 is 1.69 bits per heavy atom. The Morgan fingerprint density at radius 1 is 0.962 bits per heavy atom. The molecule has 130 valence electrons. The summed E-state index contributed by atoms with van der Waals surface area (Å²) in [6, 6.07) is 17.7. The minimum atomic E-state index is -0.920. The van der Waals surface area contributed by atoms with E-state index >= 15 is 0 Å². The van der Waals surface area contributed by atoms with Gasteiger partial charge in [0, 0.05) is 10.0 Å². The molecule has 0 saturated heterocycles. The van der Waals surface area contributed by atoms with Gasteiger partial charge in [0.2, 0.25) is 0 Å². The third-order valence-corrected chi connectivity index (χ3v) is 4.33. The van der Waals surface area contributed by atoms with Crippen LogP contribution in [0.4, 0.5) is 5.69 Å². The van der Waals surface area contributed by atoms with Crippen molar-refractivity contribution in [1.82, 2.24) is 5.43 Å². The highest BCUT2D eigenvalue weighted by Gasteiger charge is 2.14. The molecule has 7 heteroatoms. The SMILES string of the molecule is O=C(N/N=C\c1c(O)ccc2ccccc12)C(=O)Nc1ccccc1Br. The van der Waals surface area contributed by atoms with E-state index in [0.29, 0.717) is 15.7 Å². The van der Waals surface area contributed by atoms with Gasteiger partial charge in [-0.15, -0.1) is 0 Å². The fraction of sp³-hybridized carbons (Fsp3) is 0. The highest BCUT2D eigenvalue weighted by atomic mass is 79.9. The second kappa shape index (κ2) is 7.79. The number of hydrogen-bond acceptors (Lipinski definition) is 4. The van der Waals surface area contributed by atoms with Crippen molar-refractivity contribution >= 4 is 50.4 Å². The van der Waals surface area contributed by atoms with Crippen molar-refractivity contribution in [3.05, 3.63) is 70.7 Å². The standard InChI is InChI=1S/C19H14BrN3O3/c20-15-7-3-4-8-16(15)22-18(25)19(26)23-21-11-14-13-6-2-1-5-12(13)9-10-17(14)24/h1-11,24H,(H,22,25)(H,23,26)/b21-11-. The number of hydrogen-bond donors (Lipinski definition) is 3. The van der Waals surface area contributed by atoms with Gasteiger partial charge in [-0.25, -0.2) is 5.43 Å². The fourth-order valence-corrected chi connectivity index (χ4v) is 2.75. The highest BCUT2D eigenvalue weighted by Crippen LogP contribution is 2.25. The number of rotatable bonds is 3. The first-order valence-corrected chi connectivity index (χ1v) is 8.45.